The van der Waals surface area contributed by atoms with E-state index in [1.165, 1.54) is 22.3 Å². The van der Waals surface area contributed by atoms with Crippen LogP contribution in [0.15, 0.2) is 65.1 Å². The van der Waals surface area contributed by atoms with Gasteiger partial charge in [-0.15, -0.1) is 0 Å². The van der Waals surface area contributed by atoms with Crippen LogP contribution in [0.5, 0.6) is 11.5 Å². The maximum Gasteiger partial charge on any atom is 0.162 e. The molecule has 0 spiro atoms. The maximum absolute atomic E-state index is 6.04. The smallest absolute Gasteiger partial charge is 0.162 e. The van der Waals surface area contributed by atoms with Crippen LogP contribution in [0, 0.1) is 13.8 Å². The van der Waals surface area contributed by atoms with Gasteiger partial charge in [-0.2, -0.15) is 0 Å². The van der Waals surface area contributed by atoms with Crippen LogP contribution in [0.4, 0.5) is 0 Å². The zero-order valence-electron chi connectivity index (χ0n) is 16.6. The highest BCUT2D eigenvalue weighted by atomic mass is 79.9. The molecule has 0 radical (unpaired) electrons. The third-order valence-electron chi connectivity index (χ3n) is 4.74. The second-order valence-corrected chi connectivity index (χ2v) is 7.75. The molecular formula is C24H26BrNO2. The zero-order valence-corrected chi connectivity index (χ0v) is 18.2. The molecule has 0 aliphatic carbocycles. The standard InChI is InChI=1S/C24H26BrNO2/c1-17-8-10-19(11-9-17)14-26-15-21-12-23(27-3)24(13-22(21)25)28-16-20-7-5-4-6-18(20)2/h4-13,26H,14-16H2,1-3H3. The quantitative estimate of drug-likeness (QED) is 0.470. The predicted octanol–water partition coefficient (Wildman–Crippen LogP) is 5.94. The summed E-state index contributed by atoms with van der Waals surface area (Å²) >= 11 is 3.67. The van der Waals surface area contributed by atoms with Gasteiger partial charge in [0.2, 0.25) is 0 Å². The monoisotopic (exact) mass is 439 g/mol. The van der Waals surface area contributed by atoms with Gasteiger partial charge in [0.25, 0.3) is 0 Å². The van der Waals surface area contributed by atoms with Crippen LogP contribution in [-0.4, -0.2) is 7.11 Å². The molecule has 0 fully saturated rings. The Morgan fingerprint density at radius 2 is 1.61 bits per heavy atom. The van der Waals surface area contributed by atoms with Crippen molar-refractivity contribution in [1.82, 2.24) is 5.32 Å². The minimum atomic E-state index is 0.514. The Kier molecular flexibility index (Phi) is 7.12. The highest BCUT2D eigenvalue weighted by Crippen LogP contribution is 2.34. The molecular weight excluding hydrogens is 414 g/mol. The van der Waals surface area contributed by atoms with E-state index in [1.54, 1.807) is 7.11 Å². The molecule has 1 N–H and O–H groups in total. The van der Waals surface area contributed by atoms with E-state index in [4.69, 9.17) is 9.47 Å². The Balaban J connectivity index is 1.65. The first kappa shape index (κ1) is 20.4. The van der Waals surface area contributed by atoms with Gasteiger partial charge >= 0.3 is 0 Å². The normalized spacial score (nSPS) is 10.7. The van der Waals surface area contributed by atoms with E-state index in [2.05, 4.69) is 71.5 Å². The predicted molar refractivity (Wildman–Crippen MR) is 118 cm³/mol. The summed E-state index contributed by atoms with van der Waals surface area (Å²) in [4.78, 5) is 0. The van der Waals surface area contributed by atoms with Crippen molar-refractivity contribution in [3.05, 3.63) is 93.0 Å². The van der Waals surface area contributed by atoms with Gasteiger partial charge in [-0.05, 0) is 48.2 Å². The lowest BCUT2D eigenvalue weighted by atomic mass is 10.1. The molecule has 3 aromatic rings. The van der Waals surface area contributed by atoms with Crippen molar-refractivity contribution in [3.8, 4) is 11.5 Å². The first-order chi connectivity index (χ1) is 13.6. The summed E-state index contributed by atoms with van der Waals surface area (Å²) in [6, 6.07) is 20.8. The Labute approximate surface area is 175 Å². The molecule has 0 atom stereocenters. The second-order valence-electron chi connectivity index (χ2n) is 6.90. The van der Waals surface area contributed by atoms with Crippen molar-refractivity contribution in [2.24, 2.45) is 0 Å². The second kappa shape index (κ2) is 9.76. The largest absolute Gasteiger partial charge is 0.493 e. The van der Waals surface area contributed by atoms with E-state index >= 15 is 0 Å². The van der Waals surface area contributed by atoms with Crippen LogP contribution in [0.2, 0.25) is 0 Å². The number of rotatable bonds is 8. The van der Waals surface area contributed by atoms with Crippen molar-refractivity contribution in [3.63, 3.8) is 0 Å². The van der Waals surface area contributed by atoms with E-state index < -0.39 is 0 Å². The first-order valence-electron chi connectivity index (χ1n) is 9.37. The molecule has 0 aliphatic heterocycles. The molecule has 0 aliphatic rings. The molecule has 0 saturated heterocycles. The van der Waals surface area contributed by atoms with Gasteiger partial charge in [-0.3, -0.25) is 0 Å². The van der Waals surface area contributed by atoms with Crippen LogP contribution in [0.3, 0.4) is 0 Å². The Morgan fingerprint density at radius 3 is 2.32 bits per heavy atom. The molecule has 4 heteroatoms. The number of halogens is 1. The summed E-state index contributed by atoms with van der Waals surface area (Å²) in [5.74, 6) is 1.48. The summed E-state index contributed by atoms with van der Waals surface area (Å²) in [5, 5.41) is 3.49. The van der Waals surface area contributed by atoms with Gasteiger partial charge in [0.1, 0.15) is 6.61 Å². The average molecular weight is 440 g/mol. The maximum atomic E-state index is 6.04. The van der Waals surface area contributed by atoms with Gasteiger partial charge in [0.05, 0.1) is 7.11 Å². The van der Waals surface area contributed by atoms with Gasteiger partial charge < -0.3 is 14.8 Å². The Hall–Kier alpha value is -2.30. The van der Waals surface area contributed by atoms with Crippen molar-refractivity contribution < 1.29 is 9.47 Å². The number of methoxy groups -OCH3 is 1. The van der Waals surface area contributed by atoms with Gasteiger partial charge in [-0.25, -0.2) is 0 Å². The lowest BCUT2D eigenvalue weighted by Gasteiger charge is -2.15. The number of hydrogen-bond acceptors (Lipinski definition) is 3. The fraction of sp³-hybridized carbons (Fsp3) is 0.250. The molecule has 0 amide bonds. The number of benzene rings is 3. The summed E-state index contributed by atoms with van der Waals surface area (Å²) in [5.41, 5.74) is 6.07. The average Bonchev–Trinajstić information content (AvgIpc) is 2.70. The van der Waals surface area contributed by atoms with Gasteiger partial charge in [0, 0.05) is 17.6 Å². The summed E-state index contributed by atoms with van der Waals surface area (Å²) < 4.78 is 12.6. The van der Waals surface area contributed by atoms with Crippen molar-refractivity contribution in [1.29, 1.82) is 0 Å². The third-order valence-corrected chi connectivity index (χ3v) is 5.48. The molecule has 3 aromatic carbocycles. The molecule has 3 rings (SSSR count). The first-order valence-corrected chi connectivity index (χ1v) is 10.2. The summed E-state index contributed by atoms with van der Waals surface area (Å²) in [6.45, 7) is 6.27. The minimum Gasteiger partial charge on any atom is -0.493 e. The van der Waals surface area contributed by atoms with Crippen LogP contribution in [0.25, 0.3) is 0 Å². The fourth-order valence-corrected chi connectivity index (χ4v) is 3.42. The molecule has 0 heterocycles. The van der Waals surface area contributed by atoms with Crippen LogP contribution >= 0.6 is 15.9 Å². The molecule has 0 aromatic heterocycles. The highest BCUT2D eigenvalue weighted by Gasteiger charge is 2.11. The zero-order chi connectivity index (χ0) is 19.9. The van der Waals surface area contributed by atoms with E-state index in [0.717, 1.165) is 34.6 Å². The number of aryl methyl sites for hydroxylation is 2. The van der Waals surface area contributed by atoms with Gasteiger partial charge in [0.15, 0.2) is 11.5 Å². The summed E-state index contributed by atoms with van der Waals surface area (Å²) in [7, 11) is 1.67. The summed E-state index contributed by atoms with van der Waals surface area (Å²) in [6.07, 6.45) is 0. The number of nitrogens with one attached hydrogen (secondary N) is 1. The molecule has 0 bridgehead atoms. The Morgan fingerprint density at radius 1 is 0.857 bits per heavy atom. The van der Waals surface area contributed by atoms with Gasteiger partial charge in [-0.1, -0.05) is 70.0 Å². The van der Waals surface area contributed by atoms with E-state index in [-0.39, 0.29) is 0 Å². The van der Waals surface area contributed by atoms with E-state index in [9.17, 15) is 0 Å². The van der Waals surface area contributed by atoms with Crippen LogP contribution in [0.1, 0.15) is 27.8 Å². The topological polar surface area (TPSA) is 30.5 Å². The number of ether oxygens (including phenoxy) is 2. The lowest BCUT2D eigenvalue weighted by Crippen LogP contribution is -2.13. The highest BCUT2D eigenvalue weighted by molar-refractivity contribution is 9.10. The third kappa shape index (κ3) is 5.37. The van der Waals surface area contributed by atoms with Crippen LogP contribution in [-0.2, 0) is 19.7 Å². The minimum absolute atomic E-state index is 0.514. The molecule has 28 heavy (non-hydrogen) atoms. The van der Waals surface area contributed by atoms with Crippen molar-refractivity contribution in [2.75, 3.05) is 7.11 Å². The number of hydrogen-bond donors (Lipinski definition) is 1. The van der Waals surface area contributed by atoms with Crippen LogP contribution < -0.4 is 14.8 Å². The fourth-order valence-electron chi connectivity index (χ4n) is 2.96. The van der Waals surface area contributed by atoms with E-state index in [1.807, 2.05) is 24.3 Å². The molecule has 0 saturated carbocycles. The van der Waals surface area contributed by atoms with Crippen molar-refractivity contribution >= 4 is 15.9 Å². The van der Waals surface area contributed by atoms with E-state index in [0.29, 0.717) is 6.61 Å². The molecule has 3 nitrogen and oxygen atoms in total. The SMILES string of the molecule is COc1cc(CNCc2ccc(C)cc2)c(Br)cc1OCc1ccccc1C. The molecule has 0 unspecified atom stereocenters. The lowest BCUT2D eigenvalue weighted by molar-refractivity contribution is 0.283. The molecule has 146 valence electrons. The van der Waals surface area contributed by atoms with Crippen molar-refractivity contribution in [2.45, 2.75) is 33.5 Å². The Bertz CT molecular complexity index is 922.